The SMILES string of the molecule is COCCN1C(=O)CNC1c1ccc(OC)cc1. The predicted octanol–water partition coefficient (Wildman–Crippen LogP) is 0.772. The van der Waals surface area contributed by atoms with E-state index >= 15 is 0 Å². The fourth-order valence-corrected chi connectivity index (χ4v) is 2.07. The molecule has 1 fully saturated rings. The number of hydrogen-bond acceptors (Lipinski definition) is 4. The van der Waals surface area contributed by atoms with E-state index < -0.39 is 0 Å². The number of hydrogen-bond donors (Lipinski definition) is 1. The number of benzene rings is 1. The maximum atomic E-state index is 11.8. The van der Waals surface area contributed by atoms with Crippen molar-refractivity contribution in [2.24, 2.45) is 0 Å². The average molecular weight is 250 g/mol. The van der Waals surface area contributed by atoms with Crippen LogP contribution in [0.25, 0.3) is 0 Å². The summed E-state index contributed by atoms with van der Waals surface area (Å²) >= 11 is 0. The van der Waals surface area contributed by atoms with E-state index in [1.165, 1.54) is 0 Å². The number of ether oxygens (including phenoxy) is 2. The Morgan fingerprint density at radius 1 is 1.33 bits per heavy atom. The molecule has 0 spiro atoms. The first kappa shape index (κ1) is 12.9. The van der Waals surface area contributed by atoms with Crippen LogP contribution in [0.4, 0.5) is 0 Å². The number of nitrogens with zero attached hydrogens (tertiary/aromatic N) is 1. The van der Waals surface area contributed by atoms with Gasteiger partial charge in [-0.3, -0.25) is 10.1 Å². The lowest BCUT2D eigenvalue weighted by Crippen LogP contribution is -2.33. The molecule has 18 heavy (non-hydrogen) atoms. The van der Waals surface area contributed by atoms with Crippen molar-refractivity contribution in [2.45, 2.75) is 6.17 Å². The lowest BCUT2D eigenvalue weighted by atomic mass is 10.1. The molecule has 0 radical (unpaired) electrons. The molecule has 1 aliphatic heterocycles. The van der Waals surface area contributed by atoms with Gasteiger partial charge in [0.2, 0.25) is 5.91 Å². The number of methoxy groups -OCH3 is 2. The molecule has 1 unspecified atom stereocenters. The van der Waals surface area contributed by atoms with E-state index in [4.69, 9.17) is 9.47 Å². The maximum absolute atomic E-state index is 11.8. The molecule has 0 aromatic heterocycles. The van der Waals surface area contributed by atoms with Crippen LogP contribution < -0.4 is 10.1 Å². The highest BCUT2D eigenvalue weighted by Gasteiger charge is 2.30. The molecule has 2 rings (SSSR count). The first-order chi connectivity index (χ1) is 8.76. The fraction of sp³-hybridized carbons (Fsp3) is 0.462. The molecule has 1 amide bonds. The molecule has 0 aliphatic carbocycles. The van der Waals surface area contributed by atoms with Gasteiger partial charge in [0.1, 0.15) is 11.9 Å². The number of carbonyl (C=O) groups is 1. The second-order valence-corrected chi connectivity index (χ2v) is 4.14. The van der Waals surface area contributed by atoms with E-state index in [2.05, 4.69) is 5.32 Å². The van der Waals surface area contributed by atoms with Crippen molar-refractivity contribution < 1.29 is 14.3 Å². The van der Waals surface area contributed by atoms with Gasteiger partial charge in [0.25, 0.3) is 0 Å². The summed E-state index contributed by atoms with van der Waals surface area (Å²) in [4.78, 5) is 13.6. The van der Waals surface area contributed by atoms with E-state index in [-0.39, 0.29) is 12.1 Å². The van der Waals surface area contributed by atoms with Crippen molar-refractivity contribution in [3.8, 4) is 5.75 Å². The Labute approximate surface area is 107 Å². The van der Waals surface area contributed by atoms with Gasteiger partial charge in [-0.15, -0.1) is 0 Å². The number of amides is 1. The first-order valence-corrected chi connectivity index (χ1v) is 5.92. The van der Waals surface area contributed by atoms with Crippen molar-refractivity contribution >= 4 is 5.91 Å². The van der Waals surface area contributed by atoms with Gasteiger partial charge in [-0.25, -0.2) is 0 Å². The Kier molecular flexibility index (Phi) is 4.17. The molecule has 5 nitrogen and oxygen atoms in total. The second kappa shape index (κ2) is 5.84. The van der Waals surface area contributed by atoms with Gasteiger partial charge >= 0.3 is 0 Å². The minimum Gasteiger partial charge on any atom is -0.497 e. The van der Waals surface area contributed by atoms with Gasteiger partial charge in [0.05, 0.1) is 20.3 Å². The van der Waals surface area contributed by atoms with Crippen molar-refractivity contribution in [3.05, 3.63) is 29.8 Å². The molecule has 0 bridgehead atoms. The molecule has 1 aliphatic rings. The highest BCUT2D eigenvalue weighted by atomic mass is 16.5. The number of nitrogens with one attached hydrogen (secondary N) is 1. The van der Waals surface area contributed by atoms with Gasteiger partial charge in [0.15, 0.2) is 0 Å². The van der Waals surface area contributed by atoms with Crippen LogP contribution in [0, 0.1) is 0 Å². The Bertz CT molecular complexity index is 405. The Hall–Kier alpha value is -1.59. The summed E-state index contributed by atoms with van der Waals surface area (Å²) in [6, 6.07) is 7.73. The normalized spacial score (nSPS) is 19.3. The van der Waals surface area contributed by atoms with Crippen LogP contribution in [-0.4, -0.2) is 44.7 Å². The summed E-state index contributed by atoms with van der Waals surface area (Å²) in [6.45, 7) is 1.51. The van der Waals surface area contributed by atoms with E-state index in [9.17, 15) is 4.79 Å². The van der Waals surface area contributed by atoms with E-state index in [1.54, 1.807) is 19.1 Å². The van der Waals surface area contributed by atoms with Crippen LogP contribution in [0.3, 0.4) is 0 Å². The van der Waals surface area contributed by atoms with Crippen LogP contribution in [0.1, 0.15) is 11.7 Å². The summed E-state index contributed by atoms with van der Waals surface area (Å²) in [6.07, 6.45) is -0.0708. The van der Waals surface area contributed by atoms with E-state index in [0.29, 0.717) is 19.7 Å². The van der Waals surface area contributed by atoms with E-state index in [1.807, 2.05) is 24.3 Å². The quantitative estimate of drug-likeness (QED) is 0.838. The molecule has 1 N–H and O–H groups in total. The minimum atomic E-state index is -0.0708. The Morgan fingerprint density at radius 2 is 2.06 bits per heavy atom. The zero-order chi connectivity index (χ0) is 13.0. The summed E-state index contributed by atoms with van der Waals surface area (Å²) < 4.78 is 10.2. The van der Waals surface area contributed by atoms with Gasteiger partial charge in [-0.05, 0) is 17.7 Å². The molecule has 98 valence electrons. The van der Waals surface area contributed by atoms with E-state index in [0.717, 1.165) is 11.3 Å². The first-order valence-electron chi connectivity index (χ1n) is 5.92. The van der Waals surface area contributed by atoms with Crippen LogP contribution in [0.2, 0.25) is 0 Å². The molecule has 1 aromatic rings. The summed E-state index contributed by atoms with van der Waals surface area (Å²) in [5, 5.41) is 3.20. The summed E-state index contributed by atoms with van der Waals surface area (Å²) in [5.74, 6) is 0.916. The largest absolute Gasteiger partial charge is 0.497 e. The monoisotopic (exact) mass is 250 g/mol. The van der Waals surface area contributed by atoms with Crippen molar-refractivity contribution in [3.63, 3.8) is 0 Å². The lowest BCUT2D eigenvalue weighted by Gasteiger charge is -2.24. The molecule has 5 heteroatoms. The Balaban J connectivity index is 2.12. The van der Waals surface area contributed by atoms with Crippen molar-refractivity contribution in [1.29, 1.82) is 0 Å². The highest BCUT2D eigenvalue weighted by molar-refractivity contribution is 5.80. The fourth-order valence-electron chi connectivity index (χ4n) is 2.07. The average Bonchev–Trinajstić information content (AvgIpc) is 2.78. The third-order valence-electron chi connectivity index (χ3n) is 3.05. The van der Waals surface area contributed by atoms with Crippen LogP contribution in [0.5, 0.6) is 5.75 Å². The molecule has 1 atom stereocenters. The molecular weight excluding hydrogens is 232 g/mol. The Morgan fingerprint density at radius 3 is 2.67 bits per heavy atom. The molecule has 1 aromatic carbocycles. The van der Waals surface area contributed by atoms with Crippen molar-refractivity contribution in [1.82, 2.24) is 10.2 Å². The van der Waals surface area contributed by atoms with Gasteiger partial charge < -0.3 is 14.4 Å². The molecule has 1 heterocycles. The topological polar surface area (TPSA) is 50.8 Å². The van der Waals surface area contributed by atoms with Gasteiger partial charge in [0, 0.05) is 13.7 Å². The predicted molar refractivity (Wildman–Crippen MR) is 67.3 cm³/mol. The van der Waals surface area contributed by atoms with Crippen LogP contribution in [-0.2, 0) is 9.53 Å². The second-order valence-electron chi connectivity index (χ2n) is 4.14. The molecule has 0 saturated carbocycles. The summed E-state index contributed by atoms with van der Waals surface area (Å²) in [7, 11) is 3.27. The zero-order valence-electron chi connectivity index (χ0n) is 10.7. The lowest BCUT2D eigenvalue weighted by molar-refractivity contribution is -0.128. The zero-order valence-corrected chi connectivity index (χ0v) is 10.7. The third-order valence-corrected chi connectivity index (χ3v) is 3.05. The number of carbonyl (C=O) groups excluding carboxylic acids is 1. The van der Waals surface area contributed by atoms with Gasteiger partial charge in [-0.1, -0.05) is 12.1 Å². The summed E-state index contributed by atoms with van der Waals surface area (Å²) in [5.41, 5.74) is 1.05. The van der Waals surface area contributed by atoms with Gasteiger partial charge in [-0.2, -0.15) is 0 Å². The van der Waals surface area contributed by atoms with Crippen molar-refractivity contribution in [2.75, 3.05) is 33.9 Å². The third kappa shape index (κ3) is 2.63. The number of rotatable bonds is 5. The van der Waals surface area contributed by atoms with Crippen LogP contribution >= 0.6 is 0 Å². The smallest absolute Gasteiger partial charge is 0.238 e. The minimum absolute atomic E-state index is 0.0708. The van der Waals surface area contributed by atoms with Crippen LogP contribution in [0.15, 0.2) is 24.3 Å². The molecule has 1 saturated heterocycles. The molecular formula is C13H18N2O3. The standard InChI is InChI=1S/C13H18N2O3/c1-17-8-7-15-12(16)9-14-13(15)10-3-5-11(18-2)6-4-10/h3-6,13-14H,7-9H2,1-2H3. The maximum Gasteiger partial charge on any atom is 0.238 e. The highest BCUT2D eigenvalue weighted by Crippen LogP contribution is 2.23.